The van der Waals surface area contributed by atoms with Gasteiger partial charge in [-0.15, -0.1) is 0 Å². The summed E-state index contributed by atoms with van der Waals surface area (Å²) in [5, 5.41) is 4.84. The Morgan fingerprint density at radius 2 is 1.09 bits per heavy atom. The van der Waals surface area contributed by atoms with Crippen molar-refractivity contribution >= 4 is 83.0 Å². The number of aromatic nitrogens is 2. The molecule has 0 bridgehead atoms. The van der Waals surface area contributed by atoms with Crippen LogP contribution in [0.2, 0.25) is 6.82 Å². The fraction of sp³-hybridized carbons (Fsp3) is 0.111. The van der Waals surface area contributed by atoms with Crippen LogP contribution >= 0.6 is 0 Å². The first-order valence-corrected chi connectivity index (χ1v) is 10.9. The fourth-order valence-electron chi connectivity index (χ4n) is 5.00. The molecule has 32 heavy (non-hydrogen) atoms. The van der Waals surface area contributed by atoms with Crippen LogP contribution in [0.15, 0.2) is 72.8 Å². The highest BCUT2D eigenvalue weighted by Gasteiger charge is 2.15. The van der Waals surface area contributed by atoms with Crippen LogP contribution in [-0.2, 0) is 6.67 Å². The molecule has 2 heterocycles. The highest BCUT2D eigenvalue weighted by atomic mass is 15.2. The van der Waals surface area contributed by atoms with Gasteiger partial charge in [-0.25, -0.2) is 0 Å². The lowest BCUT2D eigenvalue weighted by atomic mass is 9.73. The lowest BCUT2D eigenvalue weighted by molar-refractivity contribution is 0.682. The standard InChI is InChI=1S/C27H20B3N2/c1-16-3-7-24-20(11-16)23-14-19(30-2)6-10-27(23)31(24)15-32-25-8-4-17(28)12-21(25)22-13-18(29)5-9-26(22)32/h3-14H,15H2,1-2H3. The third-order valence-corrected chi connectivity index (χ3v) is 6.57. The maximum atomic E-state index is 6.14. The molecule has 0 saturated heterocycles. The molecule has 6 rings (SSSR count). The zero-order chi connectivity index (χ0) is 22.0. The summed E-state index contributed by atoms with van der Waals surface area (Å²) >= 11 is 0. The first kappa shape index (κ1) is 19.4. The van der Waals surface area contributed by atoms with Crippen molar-refractivity contribution in [1.29, 1.82) is 0 Å². The summed E-state index contributed by atoms with van der Waals surface area (Å²) in [6, 6.07) is 25.7. The maximum Gasteiger partial charge on any atom is 0.148 e. The van der Waals surface area contributed by atoms with Crippen LogP contribution in [0.1, 0.15) is 5.56 Å². The van der Waals surface area contributed by atoms with E-state index in [0.717, 1.165) is 32.7 Å². The average Bonchev–Trinajstić information content (AvgIpc) is 3.25. The zero-order valence-electron chi connectivity index (χ0n) is 18.3. The van der Waals surface area contributed by atoms with Crippen LogP contribution in [-0.4, -0.2) is 32.1 Å². The minimum atomic E-state index is 0.700. The number of fused-ring (bicyclic) bond motifs is 6. The Kier molecular flexibility index (Phi) is 4.30. The fourth-order valence-corrected chi connectivity index (χ4v) is 5.00. The van der Waals surface area contributed by atoms with Crippen molar-refractivity contribution in [2.24, 2.45) is 0 Å². The molecule has 0 amide bonds. The molecule has 0 atom stereocenters. The molecule has 2 nitrogen and oxygen atoms in total. The number of rotatable bonds is 3. The van der Waals surface area contributed by atoms with E-state index in [-0.39, 0.29) is 0 Å². The second kappa shape index (κ2) is 7.10. The Morgan fingerprint density at radius 3 is 1.66 bits per heavy atom. The molecule has 4 aromatic carbocycles. The van der Waals surface area contributed by atoms with Crippen molar-refractivity contribution in [1.82, 2.24) is 9.13 Å². The molecule has 6 aromatic rings. The molecule has 147 valence electrons. The highest BCUT2D eigenvalue weighted by molar-refractivity contribution is 6.52. The van der Waals surface area contributed by atoms with Gasteiger partial charge < -0.3 is 9.13 Å². The van der Waals surface area contributed by atoms with Gasteiger partial charge in [0.2, 0.25) is 0 Å². The van der Waals surface area contributed by atoms with Gasteiger partial charge in [0.25, 0.3) is 0 Å². The van der Waals surface area contributed by atoms with Crippen LogP contribution in [0.4, 0.5) is 0 Å². The average molecular weight is 405 g/mol. The van der Waals surface area contributed by atoms with Crippen molar-refractivity contribution < 1.29 is 0 Å². The van der Waals surface area contributed by atoms with E-state index in [1.807, 2.05) is 24.3 Å². The Balaban J connectivity index is 1.67. The van der Waals surface area contributed by atoms with E-state index in [1.54, 1.807) is 0 Å². The Labute approximate surface area is 190 Å². The van der Waals surface area contributed by atoms with Gasteiger partial charge in [-0.2, -0.15) is 0 Å². The third kappa shape index (κ3) is 2.84. The molecule has 0 fully saturated rings. The van der Waals surface area contributed by atoms with Gasteiger partial charge in [0, 0.05) is 21.5 Å². The molecule has 0 spiro atoms. The number of nitrogens with zero attached hydrogens (tertiary/aromatic N) is 2. The van der Waals surface area contributed by atoms with Crippen LogP contribution in [0, 0.1) is 6.92 Å². The Hall–Kier alpha value is -3.33. The molecule has 0 saturated carbocycles. The van der Waals surface area contributed by atoms with Crippen molar-refractivity contribution in [2.75, 3.05) is 0 Å². The summed E-state index contributed by atoms with van der Waals surface area (Å²) in [5.74, 6) is 0. The summed E-state index contributed by atoms with van der Waals surface area (Å²) in [7, 11) is 14.4. The van der Waals surface area contributed by atoms with Crippen LogP contribution < -0.4 is 16.4 Å². The second-order valence-corrected chi connectivity index (χ2v) is 8.64. The lowest BCUT2D eigenvalue weighted by Gasteiger charge is -2.13. The predicted molar refractivity (Wildman–Crippen MR) is 141 cm³/mol. The second-order valence-electron chi connectivity index (χ2n) is 8.64. The summed E-state index contributed by atoms with van der Waals surface area (Å²) < 4.78 is 4.78. The van der Waals surface area contributed by atoms with E-state index >= 15 is 0 Å². The lowest BCUT2D eigenvalue weighted by Crippen LogP contribution is -2.11. The smallest absolute Gasteiger partial charge is 0.148 e. The van der Waals surface area contributed by atoms with Crippen molar-refractivity contribution in [3.63, 3.8) is 0 Å². The number of benzene rings is 4. The minimum absolute atomic E-state index is 0.700. The number of hydrogen-bond donors (Lipinski definition) is 0. The normalized spacial score (nSPS) is 11.8. The SMILES string of the molecule is [B]c1ccc2c(c1)c1cc([B])ccc1n2Cn1c2ccc(C)cc2c2cc([B]C)ccc21. The topological polar surface area (TPSA) is 9.86 Å². The minimum Gasteiger partial charge on any atom is -0.322 e. The molecular formula is C27H20B3N2. The van der Waals surface area contributed by atoms with Gasteiger partial charge in [-0.05, 0) is 37.3 Å². The van der Waals surface area contributed by atoms with Crippen molar-refractivity contribution in [3.8, 4) is 0 Å². The third-order valence-electron chi connectivity index (χ3n) is 6.57. The van der Waals surface area contributed by atoms with Gasteiger partial charge in [-0.3, -0.25) is 0 Å². The largest absolute Gasteiger partial charge is 0.322 e. The van der Waals surface area contributed by atoms with Gasteiger partial charge in [0.05, 0.1) is 22.1 Å². The number of hydrogen-bond acceptors (Lipinski definition) is 0. The first-order chi connectivity index (χ1) is 15.5. The van der Waals surface area contributed by atoms with Gasteiger partial charge in [-0.1, -0.05) is 71.2 Å². The molecule has 0 aliphatic heterocycles. The van der Waals surface area contributed by atoms with Crippen LogP contribution in [0.25, 0.3) is 43.6 Å². The van der Waals surface area contributed by atoms with Gasteiger partial charge in [0.1, 0.15) is 29.6 Å². The van der Waals surface area contributed by atoms with E-state index < -0.39 is 0 Å². The van der Waals surface area contributed by atoms with E-state index in [1.165, 1.54) is 32.8 Å². The first-order valence-electron chi connectivity index (χ1n) is 10.9. The van der Waals surface area contributed by atoms with E-state index in [9.17, 15) is 0 Å². The van der Waals surface area contributed by atoms with E-state index in [4.69, 9.17) is 15.7 Å². The predicted octanol–water partition coefficient (Wildman–Crippen LogP) is 3.68. The zero-order valence-corrected chi connectivity index (χ0v) is 18.3. The highest BCUT2D eigenvalue weighted by Crippen LogP contribution is 2.32. The van der Waals surface area contributed by atoms with Crippen molar-refractivity contribution in [3.05, 3.63) is 78.4 Å². The molecule has 5 radical (unpaired) electrons. The molecule has 0 N–H and O–H groups in total. The molecule has 0 unspecified atom stereocenters. The summed E-state index contributed by atoms with van der Waals surface area (Å²) in [6.07, 6.45) is 0. The molecule has 0 aliphatic rings. The number of aryl methyl sites for hydroxylation is 1. The van der Waals surface area contributed by atoms with Gasteiger partial charge >= 0.3 is 0 Å². The molecule has 2 aromatic heterocycles. The maximum absolute atomic E-state index is 6.14. The van der Waals surface area contributed by atoms with E-state index in [0.29, 0.717) is 6.67 Å². The van der Waals surface area contributed by atoms with Crippen LogP contribution in [0.5, 0.6) is 0 Å². The summed E-state index contributed by atoms with van der Waals surface area (Å²) in [4.78, 5) is 0. The quantitative estimate of drug-likeness (QED) is 0.398. The van der Waals surface area contributed by atoms with Crippen LogP contribution in [0.3, 0.4) is 0 Å². The monoisotopic (exact) mass is 405 g/mol. The molecule has 0 aliphatic carbocycles. The Bertz CT molecular complexity index is 1610. The molecular weight excluding hydrogens is 385 g/mol. The van der Waals surface area contributed by atoms with Gasteiger partial charge in [0.15, 0.2) is 0 Å². The van der Waals surface area contributed by atoms with E-state index in [2.05, 4.69) is 78.7 Å². The van der Waals surface area contributed by atoms with Crippen molar-refractivity contribution in [2.45, 2.75) is 20.4 Å². The Morgan fingerprint density at radius 1 is 0.625 bits per heavy atom. The molecule has 5 heteroatoms. The summed E-state index contributed by atoms with van der Waals surface area (Å²) in [6.45, 7) is 4.94. The summed E-state index contributed by atoms with van der Waals surface area (Å²) in [5.41, 5.74) is 8.80.